The van der Waals surface area contributed by atoms with Gasteiger partial charge in [0.2, 0.25) is 11.8 Å². The molecule has 1 saturated carbocycles. The number of carbonyl (C=O) groups is 4. The fourth-order valence-electron chi connectivity index (χ4n) is 7.12. The molecule has 2 aromatic carbocycles. The van der Waals surface area contributed by atoms with Crippen molar-refractivity contribution in [2.45, 2.75) is 95.0 Å². The molecular formula is C38H45N5O8. The van der Waals surface area contributed by atoms with Gasteiger partial charge in [0.1, 0.15) is 29.0 Å². The van der Waals surface area contributed by atoms with Crippen LogP contribution in [0.4, 0.5) is 4.79 Å². The first kappa shape index (κ1) is 35.6. The summed E-state index contributed by atoms with van der Waals surface area (Å²) in [6.45, 7) is 5.10. The Morgan fingerprint density at radius 1 is 1.02 bits per heavy atom. The van der Waals surface area contributed by atoms with Crippen LogP contribution in [-0.2, 0) is 19.1 Å². The summed E-state index contributed by atoms with van der Waals surface area (Å²) in [5, 5.41) is 21.6. The number of ether oxygens (including phenoxy) is 2. The lowest BCUT2D eigenvalue weighted by atomic mass is 10.0. The average molecular weight is 700 g/mol. The van der Waals surface area contributed by atoms with E-state index in [0.717, 1.165) is 24.8 Å². The Morgan fingerprint density at radius 3 is 2.43 bits per heavy atom. The number of nitrogens with one attached hydrogen (secondary N) is 2. The highest BCUT2D eigenvalue weighted by Crippen LogP contribution is 2.45. The maximum atomic E-state index is 14.5. The summed E-state index contributed by atoms with van der Waals surface area (Å²) < 4.78 is 12.1. The predicted octanol–water partition coefficient (Wildman–Crippen LogP) is 4.59. The van der Waals surface area contributed by atoms with Gasteiger partial charge < -0.3 is 30.1 Å². The Bertz CT molecular complexity index is 1920. The number of aliphatic carboxylic acids is 1. The zero-order valence-corrected chi connectivity index (χ0v) is 29.4. The van der Waals surface area contributed by atoms with E-state index in [1.54, 1.807) is 52.1 Å². The molecule has 1 unspecified atom stereocenters. The fourth-order valence-corrected chi connectivity index (χ4v) is 7.12. The van der Waals surface area contributed by atoms with Gasteiger partial charge in [0, 0.05) is 29.8 Å². The van der Waals surface area contributed by atoms with Crippen LogP contribution in [0.1, 0.15) is 71.8 Å². The highest BCUT2D eigenvalue weighted by atomic mass is 16.6. The number of carbonyl (C=O) groups excluding carboxylic acids is 3. The van der Waals surface area contributed by atoms with Crippen molar-refractivity contribution in [2.75, 3.05) is 13.7 Å². The number of benzene rings is 2. The first-order valence-electron chi connectivity index (χ1n) is 17.5. The average Bonchev–Trinajstić information content (AvgIpc) is 3.61. The van der Waals surface area contributed by atoms with Crippen LogP contribution >= 0.6 is 0 Å². The topological polar surface area (TPSA) is 169 Å². The molecular weight excluding hydrogens is 654 g/mol. The van der Waals surface area contributed by atoms with Gasteiger partial charge in [-0.15, -0.1) is 0 Å². The largest absolute Gasteiger partial charge is 0.497 e. The summed E-state index contributed by atoms with van der Waals surface area (Å²) in [5.41, 5.74) is -1.41. The van der Waals surface area contributed by atoms with Gasteiger partial charge in [-0.05, 0) is 76.8 Å². The normalized spacial score (nSPS) is 26.2. The van der Waals surface area contributed by atoms with Gasteiger partial charge in [0.25, 0.3) is 5.56 Å². The van der Waals surface area contributed by atoms with Crippen LogP contribution in [0.2, 0.25) is 0 Å². The van der Waals surface area contributed by atoms with Gasteiger partial charge >= 0.3 is 12.1 Å². The van der Waals surface area contributed by atoms with Crippen molar-refractivity contribution < 1.29 is 33.8 Å². The highest BCUT2D eigenvalue weighted by molar-refractivity contribution is 5.96. The molecule has 2 aliphatic heterocycles. The molecule has 51 heavy (non-hydrogen) atoms. The smallest absolute Gasteiger partial charge is 0.408 e. The number of hydrogen-bond donors (Lipinski definition) is 3. The molecule has 2 fully saturated rings. The lowest BCUT2D eigenvalue weighted by molar-refractivity contribution is -0.145. The number of amides is 3. The molecule has 0 radical (unpaired) electrons. The van der Waals surface area contributed by atoms with Crippen molar-refractivity contribution in [3.63, 3.8) is 0 Å². The Kier molecular flexibility index (Phi) is 9.92. The molecule has 13 heteroatoms. The van der Waals surface area contributed by atoms with Gasteiger partial charge in [-0.2, -0.15) is 5.10 Å². The van der Waals surface area contributed by atoms with E-state index in [1.165, 1.54) is 9.58 Å². The zero-order valence-electron chi connectivity index (χ0n) is 29.4. The SMILES string of the molecule is COc1ccc(-c2nn([C@@H]3C[C@H]4C(=O)NC5(C(=O)O)C[C@@H]5/C=C\CCCCC[C@H](NC(=O)OC(C)(C)C)C(=O)N4C3)c(=O)c3ccccc23)cc1. The lowest BCUT2D eigenvalue weighted by Crippen LogP contribution is -2.56. The molecule has 1 aromatic heterocycles. The standard InChI is InChI=1S/C38H45N5O8/c1-37(2,3)51-36(49)39-29-15-9-7-5-6-8-12-24-21-38(24,35(47)48)40-32(44)30-20-25(22-42(30)34(29)46)43-33(45)28-14-11-10-13-27(28)31(41-43)23-16-18-26(50-4)19-17-23/h8,10-14,16-19,24-25,29-30H,5-7,9,15,20-22H2,1-4H3,(H,39,49)(H,40,44)(H,47,48)/b12-8-/t24-,25+,29-,30-,38?/m0/s1. The minimum Gasteiger partial charge on any atom is -0.497 e. The molecule has 6 rings (SSSR count). The Morgan fingerprint density at radius 2 is 1.75 bits per heavy atom. The zero-order chi connectivity index (χ0) is 36.5. The number of nitrogens with zero attached hydrogens (tertiary/aromatic N) is 3. The molecule has 5 atom stereocenters. The third-order valence-electron chi connectivity index (χ3n) is 9.87. The number of carboxylic acid groups (broad SMARTS) is 1. The summed E-state index contributed by atoms with van der Waals surface area (Å²) in [4.78, 5) is 69.5. The molecule has 3 amide bonds. The Balaban J connectivity index is 1.40. The van der Waals surface area contributed by atoms with Crippen LogP contribution in [0.3, 0.4) is 0 Å². The summed E-state index contributed by atoms with van der Waals surface area (Å²) in [6.07, 6.45) is 6.48. The van der Waals surface area contributed by atoms with Gasteiger partial charge in [-0.25, -0.2) is 14.3 Å². The number of alkyl carbamates (subject to hydrolysis) is 1. The van der Waals surface area contributed by atoms with E-state index < -0.39 is 53.1 Å². The monoisotopic (exact) mass is 699 g/mol. The van der Waals surface area contributed by atoms with E-state index in [1.807, 2.05) is 36.4 Å². The van der Waals surface area contributed by atoms with Crippen molar-refractivity contribution >= 4 is 34.6 Å². The third kappa shape index (κ3) is 7.47. The quantitative estimate of drug-likeness (QED) is 0.323. The van der Waals surface area contributed by atoms with Gasteiger partial charge in [-0.1, -0.05) is 43.2 Å². The predicted molar refractivity (Wildman–Crippen MR) is 189 cm³/mol. The van der Waals surface area contributed by atoms with Crippen LogP contribution in [-0.4, -0.2) is 80.5 Å². The van der Waals surface area contributed by atoms with Gasteiger partial charge in [0.15, 0.2) is 0 Å². The van der Waals surface area contributed by atoms with E-state index in [2.05, 4.69) is 10.6 Å². The van der Waals surface area contributed by atoms with Crippen LogP contribution in [0.5, 0.6) is 5.75 Å². The molecule has 3 heterocycles. The first-order chi connectivity index (χ1) is 24.3. The Hall–Kier alpha value is -5.20. The second-order valence-electron chi connectivity index (χ2n) is 14.6. The fraction of sp³-hybridized carbons (Fsp3) is 0.474. The molecule has 0 bridgehead atoms. The molecule has 13 nitrogen and oxygen atoms in total. The molecule has 0 spiro atoms. The summed E-state index contributed by atoms with van der Waals surface area (Å²) in [7, 11) is 1.57. The van der Waals surface area contributed by atoms with Gasteiger partial charge in [-0.3, -0.25) is 14.4 Å². The highest BCUT2D eigenvalue weighted by Gasteiger charge is 2.61. The summed E-state index contributed by atoms with van der Waals surface area (Å²) >= 11 is 0. The molecule has 1 saturated heterocycles. The molecule has 1 aliphatic carbocycles. The van der Waals surface area contributed by atoms with Crippen LogP contribution in [0.25, 0.3) is 22.0 Å². The number of fused-ring (bicyclic) bond motifs is 3. The van der Waals surface area contributed by atoms with E-state index >= 15 is 0 Å². The Labute approximate surface area is 296 Å². The molecule has 3 aromatic rings. The molecule has 270 valence electrons. The van der Waals surface area contributed by atoms with Crippen molar-refractivity contribution in [3.8, 4) is 17.0 Å². The molecule has 3 aliphatic rings. The van der Waals surface area contributed by atoms with E-state index in [9.17, 15) is 29.1 Å². The second kappa shape index (κ2) is 14.2. The van der Waals surface area contributed by atoms with Crippen molar-refractivity contribution in [2.24, 2.45) is 5.92 Å². The number of hydrogen-bond acceptors (Lipinski definition) is 8. The minimum atomic E-state index is -1.49. The van der Waals surface area contributed by atoms with E-state index in [0.29, 0.717) is 35.1 Å². The molecule has 3 N–H and O–H groups in total. The van der Waals surface area contributed by atoms with Crippen LogP contribution in [0.15, 0.2) is 65.5 Å². The van der Waals surface area contributed by atoms with Crippen molar-refractivity contribution in [3.05, 3.63) is 71.0 Å². The van der Waals surface area contributed by atoms with Crippen molar-refractivity contribution in [1.82, 2.24) is 25.3 Å². The second-order valence-corrected chi connectivity index (χ2v) is 14.6. The van der Waals surface area contributed by atoms with Crippen LogP contribution in [0, 0.1) is 5.92 Å². The van der Waals surface area contributed by atoms with Crippen molar-refractivity contribution in [1.29, 1.82) is 0 Å². The number of allylic oxidation sites excluding steroid dienone is 1. The van der Waals surface area contributed by atoms with E-state index in [4.69, 9.17) is 14.6 Å². The number of aromatic nitrogens is 2. The van der Waals surface area contributed by atoms with E-state index in [-0.39, 0.29) is 30.9 Å². The first-order valence-corrected chi connectivity index (χ1v) is 17.5. The number of carboxylic acids is 1. The summed E-state index contributed by atoms with van der Waals surface area (Å²) in [6, 6.07) is 11.5. The number of methoxy groups -OCH3 is 1. The minimum absolute atomic E-state index is 0.000233. The van der Waals surface area contributed by atoms with Crippen LogP contribution < -0.4 is 20.9 Å². The summed E-state index contributed by atoms with van der Waals surface area (Å²) in [5.74, 6) is -2.04. The third-order valence-corrected chi connectivity index (χ3v) is 9.87. The number of rotatable bonds is 5. The maximum absolute atomic E-state index is 14.5. The maximum Gasteiger partial charge on any atom is 0.408 e. The lowest BCUT2D eigenvalue weighted by Gasteiger charge is -2.30. The van der Waals surface area contributed by atoms with Gasteiger partial charge in [0.05, 0.1) is 24.2 Å².